The highest BCUT2D eigenvalue weighted by Crippen LogP contribution is 2.31. The molecule has 6 nitrogen and oxygen atoms in total. The molecule has 31 heavy (non-hydrogen) atoms. The molecule has 2 aromatic rings. The third kappa shape index (κ3) is 5.72. The van der Waals surface area contributed by atoms with Gasteiger partial charge in [0.15, 0.2) is 5.78 Å². The van der Waals surface area contributed by atoms with Crippen LogP contribution < -0.4 is 4.90 Å². The van der Waals surface area contributed by atoms with Gasteiger partial charge < -0.3 is 4.90 Å². The normalized spacial score (nSPS) is 17.0. The Morgan fingerprint density at radius 2 is 2.00 bits per heavy atom. The average molecular weight is 455 g/mol. The fourth-order valence-corrected chi connectivity index (χ4v) is 3.79. The summed E-state index contributed by atoms with van der Waals surface area (Å²) in [6.45, 7) is 4.18. The first kappa shape index (κ1) is 23.0. The lowest BCUT2D eigenvalue weighted by molar-refractivity contribution is -0.141. The van der Waals surface area contributed by atoms with Crippen molar-refractivity contribution in [3.8, 4) is 0 Å². The lowest BCUT2D eigenvalue weighted by Crippen LogP contribution is -2.40. The molecule has 0 unspecified atom stereocenters. The van der Waals surface area contributed by atoms with Gasteiger partial charge in [-0.15, -0.1) is 0 Å². The second-order valence-corrected chi connectivity index (χ2v) is 8.37. The Balaban J connectivity index is 1.76. The van der Waals surface area contributed by atoms with Crippen molar-refractivity contribution in [3.63, 3.8) is 0 Å². The van der Waals surface area contributed by atoms with Gasteiger partial charge in [-0.3, -0.25) is 14.7 Å². The molecule has 3 rings (SSSR count). The summed E-state index contributed by atoms with van der Waals surface area (Å²) in [5.41, 5.74) is -0.113. The number of pyridine rings is 2. The van der Waals surface area contributed by atoms with E-state index in [1.54, 1.807) is 12.3 Å². The van der Waals surface area contributed by atoms with Crippen molar-refractivity contribution >= 4 is 29.1 Å². The second kappa shape index (κ2) is 9.21. The number of carbonyl (C=O) groups is 2. The maximum absolute atomic E-state index is 13.0. The van der Waals surface area contributed by atoms with Crippen LogP contribution in [0.15, 0.2) is 36.8 Å². The van der Waals surface area contributed by atoms with E-state index in [1.165, 1.54) is 22.1 Å². The number of carbonyl (C=O) groups excluding carboxylic acids is 2. The van der Waals surface area contributed by atoms with E-state index in [9.17, 15) is 22.8 Å². The number of nitrogens with zero attached hydrogens (tertiary/aromatic N) is 4. The molecular formula is C21H22ClF3N4O2. The van der Waals surface area contributed by atoms with Crippen LogP contribution in [-0.4, -0.2) is 45.8 Å². The molecule has 0 bridgehead atoms. The molecule has 0 aliphatic carbocycles. The number of ketones is 1. The molecule has 0 spiro atoms. The molecule has 1 aliphatic heterocycles. The predicted octanol–water partition coefficient (Wildman–Crippen LogP) is 4.62. The molecule has 1 atom stereocenters. The average Bonchev–Trinajstić information content (AvgIpc) is 2.96. The van der Waals surface area contributed by atoms with Crippen LogP contribution in [0.4, 0.5) is 23.7 Å². The molecule has 0 N–H and O–H groups in total. The fraction of sp³-hybridized carbons (Fsp3) is 0.429. The van der Waals surface area contributed by atoms with Crippen molar-refractivity contribution in [2.45, 2.75) is 38.9 Å². The second-order valence-electron chi connectivity index (χ2n) is 7.93. The summed E-state index contributed by atoms with van der Waals surface area (Å²) in [5, 5.41) is 0.418. The van der Waals surface area contributed by atoms with Gasteiger partial charge in [-0.2, -0.15) is 13.2 Å². The van der Waals surface area contributed by atoms with Crippen LogP contribution in [0.5, 0.6) is 0 Å². The summed E-state index contributed by atoms with van der Waals surface area (Å²) in [7, 11) is 0. The van der Waals surface area contributed by atoms with E-state index in [-0.39, 0.29) is 42.9 Å². The van der Waals surface area contributed by atoms with E-state index in [2.05, 4.69) is 9.97 Å². The molecule has 2 amide bonds. The molecule has 166 valence electrons. The van der Waals surface area contributed by atoms with E-state index in [1.807, 2.05) is 13.8 Å². The van der Waals surface area contributed by atoms with Crippen molar-refractivity contribution in [2.24, 2.45) is 5.92 Å². The van der Waals surface area contributed by atoms with E-state index < -0.39 is 17.9 Å². The number of urea groups is 1. The third-order valence-corrected chi connectivity index (χ3v) is 5.12. The monoisotopic (exact) mass is 454 g/mol. The van der Waals surface area contributed by atoms with Gasteiger partial charge in [0, 0.05) is 25.4 Å². The summed E-state index contributed by atoms with van der Waals surface area (Å²) >= 11 is 5.91. The molecule has 1 fully saturated rings. The van der Waals surface area contributed by atoms with Gasteiger partial charge in [0.25, 0.3) is 0 Å². The van der Waals surface area contributed by atoms with Crippen molar-refractivity contribution in [1.82, 2.24) is 14.9 Å². The molecule has 2 aromatic heterocycles. The lowest BCUT2D eigenvalue weighted by Gasteiger charge is -2.23. The van der Waals surface area contributed by atoms with Crippen LogP contribution in [0.1, 0.15) is 31.5 Å². The smallest absolute Gasteiger partial charge is 0.312 e. The summed E-state index contributed by atoms with van der Waals surface area (Å²) in [5.74, 6) is 0.0804. The Morgan fingerprint density at radius 1 is 1.26 bits per heavy atom. The zero-order valence-corrected chi connectivity index (χ0v) is 17.8. The summed E-state index contributed by atoms with van der Waals surface area (Å²) in [4.78, 5) is 35.9. The van der Waals surface area contributed by atoms with Crippen LogP contribution >= 0.6 is 11.6 Å². The van der Waals surface area contributed by atoms with Crippen molar-refractivity contribution in [2.75, 3.05) is 18.0 Å². The minimum absolute atomic E-state index is 0.0770. The van der Waals surface area contributed by atoms with Gasteiger partial charge in [-0.25, -0.2) is 9.78 Å². The molecule has 0 saturated carbocycles. The first-order chi connectivity index (χ1) is 14.5. The SMILES string of the molecule is CC(C)C[C@H]1CN(c2ccc(C(F)(F)F)nc2)C(=O)N1CC(=O)Cc1cncc(Cl)c1. The fourth-order valence-electron chi connectivity index (χ4n) is 3.60. The highest BCUT2D eigenvalue weighted by molar-refractivity contribution is 6.30. The maximum Gasteiger partial charge on any atom is 0.433 e. The topological polar surface area (TPSA) is 66.4 Å². The van der Waals surface area contributed by atoms with Crippen LogP contribution in [0, 0.1) is 5.92 Å². The third-order valence-electron chi connectivity index (χ3n) is 4.91. The van der Waals surface area contributed by atoms with Crippen LogP contribution in [0.25, 0.3) is 0 Å². The molecule has 0 radical (unpaired) electrons. The number of Topliss-reactive ketones (excluding diaryl/α,β-unsaturated/α-hetero) is 1. The van der Waals surface area contributed by atoms with Gasteiger partial charge in [0.05, 0.1) is 29.5 Å². The number of amides is 2. The van der Waals surface area contributed by atoms with Crippen LogP contribution in [0.2, 0.25) is 5.02 Å². The molecule has 1 aliphatic rings. The Morgan fingerprint density at radius 3 is 2.58 bits per heavy atom. The molecular weight excluding hydrogens is 433 g/mol. The Labute approximate surface area is 183 Å². The minimum Gasteiger partial charge on any atom is -0.312 e. The molecule has 1 saturated heterocycles. The van der Waals surface area contributed by atoms with Gasteiger partial charge in [0.1, 0.15) is 5.69 Å². The number of anilines is 1. The Bertz CT molecular complexity index is 950. The van der Waals surface area contributed by atoms with E-state index in [0.717, 1.165) is 12.3 Å². The van der Waals surface area contributed by atoms with Gasteiger partial charge in [-0.1, -0.05) is 25.4 Å². The number of aromatic nitrogens is 2. The van der Waals surface area contributed by atoms with Crippen LogP contribution in [-0.2, 0) is 17.4 Å². The molecule has 10 heteroatoms. The van der Waals surface area contributed by atoms with Gasteiger partial charge in [0.2, 0.25) is 0 Å². The largest absolute Gasteiger partial charge is 0.433 e. The number of hydrogen-bond donors (Lipinski definition) is 0. The van der Waals surface area contributed by atoms with Gasteiger partial charge in [-0.05, 0) is 36.1 Å². The van der Waals surface area contributed by atoms with Crippen LogP contribution in [0.3, 0.4) is 0 Å². The van der Waals surface area contributed by atoms with Crippen molar-refractivity contribution in [1.29, 1.82) is 0 Å². The standard InChI is InChI=1S/C21H22ClF3N4O2/c1-13(2)5-17-11-28(16-3-4-19(27-10-16)21(23,24)25)20(31)29(17)12-18(30)7-14-6-15(22)9-26-8-14/h3-4,6,8-10,13,17H,5,7,11-12H2,1-2H3/t17-/m0/s1. The lowest BCUT2D eigenvalue weighted by atomic mass is 10.0. The first-order valence-electron chi connectivity index (χ1n) is 9.77. The zero-order chi connectivity index (χ0) is 22.8. The number of halogens is 4. The number of hydrogen-bond acceptors (Lipinski definition) is 4. The highest BCUT2D eigenvalue weighted by atomic mass is 35.5. The first-order valence-corrected chi connectivity index (χ1v) is 10.1. The van der Waals surface area contributed by atoms with Crippen molar-refractivity contribution < 1.29 is 22.8 Å². The van der Waals surface area contributed by atoms with E-state index >= 15 is 0 Å². The predicted molar refractivity (Wildman–Crippen MR) is 110 cm³/mol. The van der Waals surface area contributed by atoms with Crippen molar-refractivity contribution in [3.05, 3.63) is 53.1 Å². The van der Waals surface area contributed by atoms with Gasteiger partial charge >= 0.3 is 12.2 Å². The zero-order valence-electron chi connectivity index (χ0n) is 17.1. The van der Waals surface area contributed by atoms with E-state index in [4.69, 9.17) is 11.6 Å². The summed E-state index contributed by atoms with van der Waals surface area (Å²) in [6, 6.07) is 3.05. The Hall–Kier alpha value is -2.68. The maximum atomic E-state index is 13.0. The minimum atomic E-state index is -4.55. The van der Waals surface area contributed by atoms with E-state index in [0.29, 0.717) is 17.0 Å². The molecule has 0 aromatic carbocycles. The summed E-state index contributed by atoms with van der Waals surface area (Å²) in [6.07, 6.45) is 0.225. The number of rotatable bonds is 7. The highest BCUT2D eigenvalue weighted by Gasteiger charge is 2.39. The quantitative estimate of drug-likeness (QED) is 0.612. The molecule has 3 heterocycles. The Kier molecular flexibility index (Phi) is 6.83. The summed E-state index contributed by atoms with van der Waals surface area (Å²) < 4.78 is 38.4. The number of alkyl halides is 3.